The normalized spacial score (nSPS) is 10.9. The Morgan fingerprint density at radius 1 is 1.63 bits per heavy atom. The SMILES string of the molecule is CC(C)[n+]1cc(NC(=O)CSc2nccn2C)on1. The number of amides is 1. The van der Waals surface area contributed by atoms with E-state index in [1.54, 1.807) is 17.1 Å². The summed E-state index contributed by atoms with van der Waals surface area (Å²) in [6.45, 7) is 3.95. The van der Waals surface area contributed by atoms with Crippen molar-refractivity contribution in [1.82, 2.24) is 14.8 Å². The molecule has 2 heterocycles. The van der Waals surface area contributed by atoms with E-state index in [0.29, 0.717) is 5.88 Å². The van der Waals surface area contributed by atoms with Gasteiger partial charge in [0.1, 0.15) is 0 Å². The van der Waals surface area contributed by atoms with Gasteiger partial charge in [0.2, 0.25) is 11.2 Å². The van der Waals surface area contributed by atoms with Gasteiger partial charge in [-0.05, 0) is 18.5 Å². The van der Waals surface area contributed by atoms with Crippen LogP contribution in [0.4, 0.5) is 5.88 Å². The molecule has 1 N–H and O–H groups in total. The van der Waals surface area contributed by atoms with Gasteiger partial charge in [0.15, 0.2) is 11.2 Å². The minimum absolute atomic E-state index is 0.153. The van der Waals surface area contributed by atoms with Gasteiger partial charge in [-0.2, -0.15) is 0 Å². The van der Waals surface area contributed by atoms with Gasteiger partial charge in [0, 0.05) is 19.4 Å². The molecule has 0 unspecified atom stereocenters. The standard InChI is InChI=1S/C11H15N5O2S/c1-8(2)16-6-10(18-14-16)13-9(17)7-19-11-12-4-5-15(11)3/h4-6,8H,7H2,1-3H3/p+1. The van der Waals surface area contributed by atoms with Gasteiger partial charge in [0.05, 0.1) is 5.75 Å². The second kappa shape index (κ2) is 5.87. The van der Waals surface area contributed by atoms with Crippen molar-refractivity contribution >= 4 is 23.6 Å². The zero-order valence-corrected chi connectivity index (χ0v) is 11.8. The van der Waals surface area contributed by atoms with E-state index in [0.717, 1.165) is 5.16 Å². The number of aromatic nitrogens is 4. The Morgan fingerprint density at radius 2 is 2.42 bits per heavy atom. The van der Waals surface area contributed by atoms with Gasteiger partial charge < -0.3 is 4.57 Å². The number of anilines is 1. The highest BCUT2D eigenvalue weighted by Crippen LogP contribution is 2.14. The Labute approximate surface area is 115 Å². The Bertz CT molecular complexity index is 563. The van der Waals surface area contributed by atoms with Crippen LogP contribution < -0.4 is 10.00 Å². The van der Waals surface area contributed by atoms with E-state index < -0.39 is 0 Å². The maximum atomic E-state index is 11.7. The average Bonchev–Trinajstić information content (AvgIpc) is 2.96. The van der Waals surface area contributed by atoms with Crippen molar-refractivity contribution < 1.29 is 14.0 Å². The summed E-state index contributed by atoms with van der Waals surface area (Å²) < 4.78 is 8.51. The maximum absolute atomic E-state index is 11.7. The minimum atomic E-state index is -0.153. The third kappa shape index (κ3) is 3.57. The van der Waals surface area contributed by atoms with Crippen molar-refractivity contribution in [3.63, 3.8) is 0 Å². The molecule has 0 saturated carbocycles. The first-order chi connectivity index (χ1) is 9.06. The third-order valence-corrected chi connectivity index (χ3v) is 3.44. The number of imidazole rings is 1. The lowest BCUT2D eigenvalue weighted by Gasteiger charge is -2.00. The number of carbonyl (C=O) groups excluding carboxylic acids is 1. The van der Waals surface area contributed by atoms with Crippen molar-refractivity contribution in [3.05, 3.63) is 18.6 Å². The Morgan fingerprint density at radius 3 is 3.00 bits per heavy atom. The van der Waals surface area contributed by atoms with Crippen LogP contribution in [0.5, 0.6) is 0 Å². The predicted octanol–water partition coefficient (Wildman–Crippen LogP) is 1.01. The summed E-state index contributed by atoms with van der Waals surface area (Å²) in [5.41, 5.74) is 0. The van der Waals surface area contributed by atoms with Crippen LogP contribution in [-0.2, 0) is 11.8 Å². The quantitative estimate of drug-likeness (QED) is 0.654. The minimum Gasteiger partial charge on any atom is -0.329 e. The summed E-state index contributed by atoms with van der Waals surface area (Å²) >= 11 is 1.37. The van der Waals surface area contributed by atoms with Gasteiger partial charge in [-0.15, -0.1) is 0 Å². The van der Waals surface area contributed by atoms with Crippen molar-refractivity contribution in [1.29, 1.82) is 0 Å². The highest BCUT2D eigenvalue weighted by molar-refractivity contribution is 7.99. The summed E-state index contributed by atoms with van der Waals surface area (Å²) in [4.78, 5) is 15.9. The molecule has 2 rings (SSSR count). The van der Waals surface area contributed by atoms with E-state index in [2.05, 4.69) is 15.6 Å². The van der Waals surface area contributed by atoms with Crippen LogP contribution in [0, 0.1) is 0 Å². The lowest BCUT2D eigenvalue weighted by molar-refractivity contribution is -0.779. The maximum Gasteiger partial charge on any atom is 0.302 e. The summed E-state index contributed by atoms with van der Waals surface area (Å²) in [5, 5.41) is 7.25. The van der Waals surface area contributed by atoms with Crippen LogP contribution in [-0.4, -0.2) is 26.5 Å². The molecular formula is C11H16N5O2S+. The van der Waals surface area contributed by atoms with Crippen LogP contribution in [0.25, 0.3) is 0 Å². The first kappa shape index (κ1) is 13.6. The summed E-state index contributed by atoms with van der Waals surface area (Å²) in [6.07, 6.45) is 5.19. The Hall–Kier alpha value is -1.83. The molecule has 7 nitrogen and oxygen atoms in total. The number of hydrogen-bond donors (Lipinski definition) is 1. The highest BCUT2D eigenvalue weighted by atomic mass is 32.2. The van der Waals surface area contributed by atoms with E-state index in [9.17, 15) is 4.79 Å². The molecule has 19 heavy (non-hydrogen) atoms. The molecule has 0 aliphatic rings. The Kier molecular flexibility index (Phi) is 4.20. The van der Waals surface area contributed by atoms with Gasteiger partial charge in [-0.25, -0.2) is 4.98 Å². The fraction of sp³-hybridized carbons (Fsp3) is 0.455. The van der Waals surface area contributed by atoms with E-state index in [-0.39, 0.29) is 17.7 Å². The van der Waals surface area contributed by atoms with E-state index in [1.165, 1.54) is 11.8 Å². The van der Waals surface area contributed by atoms with Gasteiger partial charge >= 0.3 is 5.88 Å². The molecule has 2 aromatic rings. The molecule has 8 heteroatoms. The van der Waals surface area contributed by atoms with E-state index in [1.807, 2.05) is 31.7 Å². The molecule has 0 aliphatic carbocycles. The summed E-state index contributed by atoms with van der Waals surface area (Å²) in [7, 11) is 1.88. The first-order valence-electron chi connectivity index (χ1n) is 5.84. The van der Waals surface area contributed by atoms with Crippen LogP contribution >= 0.6 is 11.8 Å². The largest absolute Gasteiger partial charge is 0.329 e. The first-order valence-corrected chi connectivity index (χ1v) is 6.83. The average molecular weight is 282 g/mol. The zero-order valence-electron chi connectivity index (χ0n) is 11.0. The summed E-state index contributed by atoms with van der Waals surface area (Å²) in [5.74, 6) is 0.465. The monoisotopic (exact) mass is 282 g/mol. The molecule has 0 atom stereocenters. The molecule has 0 bridgehead atoms. The van der Waals surface area contributed by atoms with Crippen LogP contribution in [0.3, 0.4) is 0 Å². The van der Waals surface area contributed by atoms with Gasteiger partial charge in [-0.1, -0.05) is 11.8 Å². The van der Waals surface area contributed by atoms with Gasteiger partial charge in [-0.3, -0.25) is 14.6 Å². The van der Waals surface area contributed by atoms with Gasteiger partial charge in [0.25, 0.3) is 6.20 Å². The lowest BCUT2D eigenvalue weighted by atomic mass is 10.4. The zero-order chi connectivity index (χ0) is 13.8. The molecule has 0 aromatic carbocycles. The topological polar surface area (TPSA) is 76.8 Å². The van der Waals surface area contributed by atoms with Crippen molar-refractivity contribution in [2.75, 3.05) is 11.1 Å². The number of carbonyl (C=O) groups is 1. The number of nitrogens with zero attached hydrogens (tertiary/aromatic N) is 4. The molecular weight excluding hydrogens is 266 g/mol. The lowest BCUT2D eigenvalue weighted by Crippen LogP contribution is -2.36. The van der Waals surface area contributed by atoms with Crippen molar-refractivity contribution in [2.24, 2.45) is 7.05 Å². The highest BCUT2D eigenvalue weighted by Gasteiger charge is 2.16. The molecule has 0 fully saturated rings. The predicted molar refractivity (Wildman–Crippen MR) is 69.6 cm³/mol. The Balaban J connectivity index is 1.85. The fourth-order valence-electron chi connectivity index (χ4n) is 1.35. The molecule has 2 aromatic heterocycles. The molecule has 0 saturated heterocycles. The molecule has 0 spiro atoms. The second-order valence-electron chi connectivity index (χ2n) is 4.30. The number of aryl methyl sites for hydroxylation is 1. The number of rotatable bonds is 5. The second-order valence-corrected chi connectivity index (χ2v) is 5.24. The molecule has 0 radical (unpaired) electrons. The number of nitrogens with one attached hydrogen (secondary N) is 1. The molecule has 1 amide bonds. The fourth-order valence-corrected chi connectivity index (χ4v) is 2.08. The van der Waals surface area contributed by atoms with Crippen LogP contribution in [0.2, 0.25) is 0 Å². The van der Waals surface area contributed by atoms with Crippen molar-refractivity contribution in [2.45, 2.75) is 25.0 Å². The van der Waals surface area contributed by atoms with Crippen molar-refractivity contribution in [3.8, 4) is 0 Å². The van der Waals surface area contributed by atoms with E-state index in [4.69, 9.17) is 4.52 Å². The third-order valence-electron chi connectivity index (χ3n) is 2.38. The number of hydrogen-bond acceptors (Lipinski definition) is 5. The smallest absolute Gasteiger partial charge is 0.302 e. The molecule has 102 valence electrons. The van der Waals surface area contributed by atoms with E-state index >= 15 is 0 Å². The molecule has 0 aliphatic heterocycles. The van der Waals surface area contributed by atoms with Crippen LogP contribution in [0.15, 0.2) is 28.3 Å². The number of thioether (sulfide) groups is 1. The van der Waals surface area contributed by atoms with Crippen LogP contribution in [0.1, 0.15) is 19.9 Å². The summed E-state index contributed by atoms with van der Waals surface area (Å²) in [6, 6.07) is 0.191.